The van der Waals surface area contributed by atoms with Gasteiger partial charge in [0.25, 0.3) is 0 Å². The van der Waals surface area contributed by atoms with E-state index in [9.17, 15) is 26.0 Å². The highest BCUT2D eigenvalue weighted by Crippen LogP contribution is 2.35. The summed E-state index contributed by atoms with van der Waals surface area (Å²) in [6, 6.07) is 4.88. The molecule has 0 radical (unpaired) electrons. The van der Waals surface area contributed by atoms with Crippen LogP contribution in [0.3, 0.4) is 0 Å². The molecule has 20 heavy (non-hydrogen) atoms. The van der Waals surface area contributed by atoms with Crippen molar-refractivity contribution in [3.05, 3.63) is 53.2 Å². The summed E-state index contributed by atoms with van der Waals surface area (Å²) >= 11 is 0. The Balaban J connectivity index is 3.45. The lowest BCUT2D eigenvalue weighted by atomic mass is 10.2. The third kappa shape index (κ3) is 3.47. The van der Waals surface area contributed by atoms with Crippen LogP contribution in [0.15, 0.2) is 52.5 Å². The van der Waals surface area contributed by atoms with Crippen LogP contribution in [0, 0.1) is 6.92 Å². The standard InChI is InChI=1S/C13H12F4O2S/c1-3-4-11(13(15,16)17)12(14)20(18,19)10-7-5-9(2)6-8-10/h3,5-8H,1,4H2,2H3/b12-11+. The van der Waals surface area contributed by atoms with Crippen molar-refractivity contribution in [2.75, 3.05) is 0 Å². The Morgan fingerprint density at radius 1 is 1.25 bits per heavy atom. The molecule has 1 aromatic rings. The highest BCUT2D eigenvalue weighted by Gasteiger charge is 2.40. The molecule has 7 heteroatoms. The summed E-state index contributed by atoms with van der Waals surface area (Å²) in [6.07, 6.45) is -5.19. The SMILES string of the molecule is C=CC/C(=C(/F)S(=O)(=O)c1ccc(C)cc1)C(F)(F)F. The van der Waals surface area contributed by atoms with Gasteiger partial charge in [-0.3, -0.25) is 0 Å². The maximum atomic E-state index is 13.8. The predicted octanol–water partition coefficient (Wildman–Crippen LogP) is 4.09. The molecule has 1 rings (SSSR count). The summed E-state index contributed by atoms with van der Waals surface area (Å²) in [5.74, 6) is 0. The number of sulfone groups is 1. The molecule has 2 nitrogen and oxygen atoms in total. The van der Waals surface area contributed by atoms with E-state index >= 15 is 0 Å². The molecule has 0 aliphatic carbocycles. The first-order chi connectivity index (χ1) is 9.10. The average Bonchev–Trinajstić information content (AvgIpc) is 2.34. The van der Waals surface area contributed by atoms with E-state index < -0.39 is 38.1 Å². The van der Waals surface area contributed by atoms with Gasteiger partial charge in [-0.1, -0.05) is 23.8 Å². The van der Waals surface area contributed by atoms with Crippen molar-refractivity contribution in [3.63, 3.8) is 0 Å². The van der Waals surface area contributed by atoms with E-state index in [2.05, 4.69) is 6.58 Å². The van der Waals surface area contributed by atoms with Gasteiger partial charge in [-0.25, -0.2) is 8.42 Å². The van der Waals surface area contributed by atoms with Gasteiger partial charge < -0.3 is 0 Å². The van der Waals surface area contributed by atoms with Gasteiger partial charge in [0.15, 0.2) is 0 Å². The molecule has 0 heterocycles. The molecule has 0 saturated carbocycles. The number of hydrogen-bond acceptors (Lipinski definition) is 2. The van der Waals surface area contributed by atoms with Crippen LogP contribution in [0.25, 0.3) is 0 Å². The van der Waals surface area contributed by atoms with Crippen molar-refractivity contribution in [3.8, 4) is 0 Å². The van der Waals surface area contributed by atoms with Crippen LogP contribution in [0.1, 0.15) is 12.0 Å². The van der Waals surface area contributed by atoms with E-state index in [0.717, 1.165) is 18.2 Å². The second-order valence-electron chi connectivity index (χ2n) is 4.06. The lowest BCUT2D eigenvalue weighted by Gasteiger charge is -2.12. The van der Waals surface area contributed by atoms with Gasteiger partial charge in [0.1, 0.15) is 0 Å². The number of allylic oxidation sites excluding steroid dienone is 2. The molecule has 0 aliphatic heterocycles. The smallest absolute Gasteiger partial charge is 0.216 e. The van der Waals surface area contributed by atoms with E-state index in [4.69, 9.17) is 0 Å². The zero-order valence-corrected chi connectivity index (χ0v) is 11.4. The third-order valence-corrected chi connectivity index (χ3v) is 4.11. The van der Waals surface area contributed by atoms with E-state index in [1.165, 1.54) is 12.1 Å². The number of aryl methyl sites for hydroxylation is 1. The van der Waals surface area contributed by atoms with Gasteiger partial charge in [0.2, 0.25) is 15.0 Å². The van der Waals surface area contributed by atoms with Crippen molar-refractivity contribution in [2.24, 2.45) is 0 Å². The molecule has 0 fully saturated rings. The van der Waals surface area contributed by atoms with Crippen molar-refractivity contribution < 1.29 is 26.0 Å². The van der Waals surface area contributed by atoms with E-state index in [-0.39, 0.29) is 0 Å². The molecular formula is C13H12F4O2S. The largest absolute Gasteiger partial charge is 0.416 e. The number of alkyl halides is 3. The number of halogens is 4. The van der Waals surface area contributed by atoms with Crippen molar-refractivity contribution >= 4 is 9.84 Å². The van der Waals surface area contributed by atoms with Gasteiger partial charge in [0.05, 0.1) is 10.5 Å². The van der Waals surface area contributed by atoms with Crippen LogP contribution in [-0.2, 0) is 9.84 Å². The van der Waals surface area contributed by atoms with Crippen LogP contribution in [-0.4, -0.2) is 14.6 Å². The summed E-state index contributed by atoms with van der Waals surface area (Å²) in [5.41, 5.74) is -1.05. The minimum Gasteiger partial charge on any atom is -0.216 e. The highest BCUT2D eigenvalue weighted by molar-refractivity contribution is 7.95. The zero-order valence-electron chi connectivity index (χ0n) is 10.5. The quantitative estimate of drug-likeness (QED) is 0.620. The number of hydrogen-bond donors (Lipinski definition) is 0. The summed E-state index contributed by atoms with van der Waals surface area (Å²) in [6.45, 7) is 4.74. The Kier molecular flexibility index (Phi) is 4.75. The Labute approximate surface area is 114 Å². The monoisotopic (exact) mass is 308 g/mol. The normalized spacial score (nSPS) is 13.8. The molecule has 0 atom stereocenters. The van der Waals surface area contributed by atoms with E-state index in [1.54, 1.807) is 6.92 Å². The summed E-state index contributed by atoms with van der Waals surface area (Å²) < 4.78 is 75.5. The number of benzene rings is 1. The summed E-state index contributed by atoms with van der Waals surface area (Å²) in [5, 5.41) is -2.19. The molecule has 1 aromatic carbocycles. The van der Waals surface area contributed by atoms with Gasteiger partial charge in [-0.05, 0) is 25.5 Å². The predicted molar refractivity (Wildman–Crippen MR) is 67.4 cm³/mol. The first kappa shape index (κ1) is 16.4. The fraction of sp³-hybridized carbons (Fsp3) is 0.231. The molecule has 0 aromatic heterocycles. The van der Waals surface area contributed by atoms with Gasteiger partial charge in [-0.15, -0.1) is 6.58 Å². The Hall–Kier alpha value is -1.63. The van der Waals surface area contributed by atoms with Gasteiger partial charge in [-0.2, -0.15) is 17.6 Å². The van der Waals surface area contributed by atoms with Crippen LogP contribution in [0.5, 0.6) is 0 Å². The fourth-order valence-corrected chi connectivity index (χ4v) is 2.66. The van der Waals surface area contributed by atoms with Crippen molar-refractivity contribution in [1.82, 2.24) is 0 Å². The maximum absolute atomic E-state index is 13.8. The van der Waals surface area contributed by atoms with Crippen LogP contribution >= 0.6 is 0 Å². The fourth-order valence-electron chi connectivity index (χ4n) is 1.43. The first-order valence-electron chi connectivity index (χ1n) is 5.49. The first-order valence-corrected chi connectivity index (χ1v) is 6.97. The maximum Gasteiger partial charge on any atom is 0.416 e. The minimum atomic E-state index is -5.07. The highest BCUT2D eigenvalue weighted by atomic mass is 32.2. The molecule has 0 spiro atoms. The lowest BCUT2D eigenvalue weighted by molar-refractivity contribution is -0.0942. The molecule has 0 saturated heterocycles. The summed E-state index contributed by atoms with van der Waals surface area (Å²) in [4.78, 5) is -0.522. The average molecular weight is 308 g/mol. The van der Waals surface area contributed by atoms with Crippen LogP contribution in [0.4, 0.5) is 17.6 Å². The third-order valence-electron chi connectivity index (χ3n) is 2.50. The molecule has 0 unspecified atom stereocenters. The Morgan fingerprint density at radius 2 is 1.75 bits per heavy atom. The second kappa shape index (κ2) is 5.78. The molecule has 0 bridgehead atoms. The molecule has 0 N–H and O–H groups in total. The Bertz CT molecular complexity index is 625. The van der Waals surface area contributed by atoms with Crippen molar-refractivity contribution in [2.45, 2.75) is 24.4 Å². The van der Waals surface area contributed by atoms with Crippen LogP contribution in [0.2, 0.25) is 0 Å². The molecule has 0 aliphatic rings. The topological polar surface area (TPSA) is 34.1 Å². The van der Waals surface area contributed by atoms with Gasteiger partial charge >= 0.3 is 6.18 Å². The Morgan fingerprint density at radius 3 is 2.15 bits per heavy atom. The van der Waals surface area contributed by atoms with E-state index in [1.807, 2.05) is 0 Å². The lowest BCUT2D eigenvalue weighted by Crippen LogP contribution is -2.16. The van der Waals surface area contributed by atoms with Crippen molar-refractivity contribution in [1.29, 1.82) is 0 Å². The second-order valence-corrected chi connectivity index (χ2v) is 5.90. The molecular weight excluding hydrogens is 296 g/mol. The van der Waals surface area contributed by atoms with Crippen LogP contribution < -0.4 is 0 Å². The molecule has 110 valence electrons. The minimum absolute atomic E-state index is 0.522. The van der Waals surface area contributed by atoms with E-state index in [0.29, 0.717) is 5.56 Å². The van der Waals surface area contributed by atoms with Gasteiger partial charge in [0, 0.05) is 0 Å². The molecule has 0 amide bonds. The number of rotatable bonds is 4. The zero-order chi connectivity index (χ0) is 15.6. The summed E-state index contributed by atoms with van der Waals surface area (Å²) in [7, 11) is -4.82.